The number of carbonyl (C=O) groups is 2. The van der Waals surface area contributed by atoms with Gasteiger partial charge in [-0.25, -0.2) is 0 Å². The number of nitrogens with zero attached hydrogens (tertiary/aromatic N) is 1. The van der Waals surface area contributed by atoms with Crippen LogP contribution in [0.25, 0.3) is 0 Å². The second kappa shape index (κ2) is 7.26. The Balaban J connectivity index is 1.91. The molecule has 0 aliphatic heterocycles. The summed E-state index contributed by atoms with van der Waals surface area (Å²) in [7, 11) is 3.35. The zero-order valence-electron chi connectivity index (χ0n) is 13.0. The van der Waals surface area contributed by atoms with Crippen LogP contribution in [-0.4, -0.2) is 43.5 Å². The molecule has 6 heteroatoms. The van der Waals surface area contributed by atoms with E-state index in [1.807, 2.05) is 0 Å². The Hall–Kier alpha value is -2.08. The number of ether oxygens (including phenoxy) is 1. The first-order chi connectivity index (χ1) is 10.5. The number of likely N-dealkylation sites (N-methyl/N-ethyl adjacent to an activating group) is 1. The molecule has 22 heavy (non-hydrogen) atoms. The molecule has 3 N–H and O–H groups in total. The van der Waals surface area contributed by atoms with Gasteiger partial charge in [0.15, 0.2) is 6.61 Å². The van der Waals surface area contributed by atoms with Crippen LogP contribution in [0.2, 0.25) is 0 Å². The Bertz CT molecular complexity index is 545. The lowest BCUT2D eigenvalue weighted by molar-refractivity contribution is -0.130. The first-order valence-electron chi connectivity index (χ1n) is 7.45. The van der Waals surface area contributed by atoms with E-state index in [1.54, 1.807) is 38.4 Å². The molecule has 2 unspecified atom stereocenters. The van der Waals surface area contributed by atoms with Crippen LogP contribution in [-0.2, 0) is 9.59 Å². The van der Waals surface area contributed by atoms with Crippen molar-refractivity contribution in [2.45, 2.75) is 25.3 Å². The number of carbonyl (C=O) groups excluding carboxylic acids is 2. The third-order valence-corrected chi connectivity index (χ3v) is 3.81. The van der Waals surface area contributed by atoms with Crippen molar-refractivity contribution >= 4 is 17.5 Å². The molecular formula is C16H23N3O3. The highest BCUT2D eigenvalue weighted by atomic mass is 16.5. The highest BCUT2D eigenvalue weighted by molar-refractivity contribution is 5.93. The molecule has 0 bridgehead atoms. The lowest BCUT2D eigenvalue weighted by Gasteiger charge is -2.13. The van der Waals surface area contributed by atoms with E-state index in [4.69, 9.17) is 10.5 Å². The van der Waals surface area contributed by atoms with Gasteiger partial charge in [0.2, 0.25) is 5.91 Å². The Kier molecular flexibility index (Phi) is 5.38. The lowest BCUT2D eigenvalue weighted by atomic mass is 10.1. The third-order valence-electron chi connectivity index (χ3n) is 3.81. The van der Waals surface area contributed by atoms with E-state index < -0.39 is 0 Å². The first-order valence-corrected chi connectivity index (χ1v) is 7.45. The molecule has 2 amide bonds. The number of benzene rings is 1. The summed E-state index contributed by atoms with van der Waals surface area (Å²) in [4.78, 5) is 25.1. The summed E-state index contributed by atoms with van der Waals surface area (Å²) in [6.07, 6.45) is 2.47. The molecule has 0 saturated heterocycles. The number of hydrogen-bond acceptors (Lipinski definition) is 4. The maximum absolute atomic E-state index is 12.2. The molecule has 1 saturated carbocycles. The zero-order chi connectivity index (χ0) is 16.1. The summed E-state index contributed by atoms with van der Waals surface area (Å²) < 4.78 is 5.43. The fourth-order valence-corrected chi connectivity index (χ4v) is 2.44. The maximum atomic E-state index is 12.2. The van der Waals surface area contributed by atoms with E-state index in [2.05, 4.69) is 5.32 Å². The van der Waals surface area contributed by atoms with Crippen LogP contribution in [0.1, 0.15) is 19.3 Å². The Morgan fingerprint density at radius 1 is 1.36 bits per heavy atom. The van der Waals surface area contributed by atoms with Crippen LogP contribution >= 0.6 is 0 Å². The summed E-state index contributed by atoms with van der Waals surface area (Å²) in [5.41, 5.74) is 6.50. The minimum absolute atomic E-state index is 0.00512. The van der Waals surface area contributed by atoms with Crippen molar-refractivity contribution in [3.63, 3.8) is 0 Å². The molecule has 1 aromatic carbocycles. The van der Waals surface area contributed by atoms with Gasteiger partial charge in [-0.05, 0) is 31.4 Å². The van der Waals surface area contributed by atoms with Crippen LogP contribution in [0.3, 0.4) is 0 Å². The number of anilines is 1. The van der Waals surface area contributed by atoms with Gasteiger partial charge in [-0.2, -0.15) is 0 Å². The Labute approximate surface area is 130 Å². The SMILES string of the molecule is CN(C)C(=O)COc1cccc(NC(=O)C2CCC(N)C2)c1. The largest absolute Gasteiger partial charge is 0.484 e. The average molecular weight is 305 g/mol. The molecule has 1 aliphatic carbocycles. The van der Waals surface area contributed by atoms with Gasteiger partial charge in [0.05, 0.1) is 0 Å². The normalized spacial score (nSPS) is 20.5. The van der Waals surface area contributed by atoms with Gasteiger partial charge in [-0.3, -0.25) is 9.59 Å². The molecule has 6 nitrogen and oxygen atoms in total. The molecule has 0 aromatic heterocycles. The third kappa shape index (κ3) is 4.46. The predicted molar refractivity (Wildman–Crippen MR) is 84.6 cm³/mol. The van der Waals surface area contributed by atoms with Gasteiger partial charge in [0.1, 0.15) is 5.75 Å². The number of rotatable bonds is 5. The van der Waals surface area contributed by atoms with E-state index >= 15 is 0 Å². The topological polar surface area (TPSA) is 84.7 Å². The number of hydrogen-bond donors (Lipinski definition) is 2. The minimum Gasteiger partial charge on any atom is -0.484 e. The summed E-state index contributed by atoms with van der Waals surface area (Å²) >= 11 is 0. The van der Waals surface area contributed by atoms with E-state index in [0.29, 0.717) is 11.4 Å². The van der Waals surface area contributed by atoms with Crippen molar-refractivity contribution in [1.82, 2.24) is 4.90 Å². The second-order valence-electron chi connectivity index (χ2n) is 5.86. The summed E-state index contributed by atoms with van der Waals surface area (Å²) in [5, 5.41) is 2.89. The molecule has 0 spiro atoms. The molecule has 1 aliphatic rings. The van der Waals surface area contributed by atoms with Crippen molar-refractivity contribution in [1.29, 1.82) is 0 Å². The monoisotopic (exact) mass is 305 g/mol. The van der Waals surface area contributed by atoms with Crippen molar-refractivity contribution in [3.05, 3.63) is 24.3 Å². The quantitative estimate of drug-likeness (QED) is 0.856. The van der Waals surface area contributed by atoms with Gasteiger partial charge in [0, 0.05) is 37.8 Å². The van der Waals surface area contributed by atoms with Crippen LogP contribution < -0.4 is 15.8 Å². The molecule has 2 atom stereocenters. The number of nitrogens with two attached hydrogens (primary N) is 1. The van der Waals surface area contributed by atoms with Crippen LogP contribution in [0.4, 0.5) is 5.69 Å². The van der Waals surface area contributed by atoms with E-state index in [9.17, 15) is 9.59 Å². The standard InChI is InChI=1S/C16H23N3O3/c1-19(2)15(20)10-22-14-5-3-4-13(9-14)18-16(21)11-6-7-12(17)8-11/h3-5,9,11-12H,6-8,10,17H2,1-2H3,(H,18,21). The lowest BCUT2D eigenvalue weighted by Crippen LogP contribution is -2.27. The number of nitrogens with one attached hydrogen (secondary N) is 1. The summed E-state index contributed by atoms with van der Waals surface area (Å²) in [6.45, 7) is -0.0259. The van der Waals surface area contributed by atoms with Gasteiger partial charge in [0.25, 0.3) is 5.91 Å². The number of amides is 2. The molecule has 0 heterocycles. The van der Waals surface area contributed by atoms with Crippen LogP contribution in [0, 0.1) is 5.92 Å². The summed E-state index contributed by atoms with van der Waals surface area (Å²) in [5.74, 6) is 0.412. The fraction of sp³-hybridized carbons (Fsp3) is 0.500. The van der Waals surface area contributed by atoms with Crippen molar-refractivity contribution in [2.24, 2.45) is 11.7 Å². The molecule has 0 radical (unpaired) electrons. The molecule has 120 valence electrons. The second-order valence-corrected chi connectivity index (χ2v) is 5.86. The van der Waals surface area contributed by atoms with Gasteiger partial charge in [-0.15, -0.1) is 0 Å². The van der Waals surface area contributed by atoms with Gasteiger partial charge in [-0.1, -0.05) is 6.07 Å². The van der Waals surface area contributed by atoms with Crippen LogP contribution in [0.15, 0.2) is 24.3 Å². The smallest absolute Gasteiger partial charge is 0.259 e. The average Bonchev–Trinajstić information content (AvgIpc) is 2.91. The zero-order valence-corrected chi connectivity index (χ0v) is 13.0. The fourth-order valence-electron chi connectivity index (χ4n) is 2.44. The molecule has 1 aromatic rings. The van der Waals surface area contributed by atoms with Crippen molar-refractivity contribution in [2.75, 3.05) is 26.0 Å². The Morgan fingerprint density at radius 2 is 2.14 bits per heavy atom. The highest BCUT2D eigenvalue weighted by Crippen LogP contribution is 2.26. The maximum Gasteiger partial charge on any atom is 0.259 e. The molecule has 1 fully saturated rings. The van der Waals surface area contributed by atoms with E-state index in [0.717, 1.165) is 19.3 Å². The first kappa shape index (κ1) is 16.3. The van der Waals surface area contributed by atoms with E-state index in [1.165, 1.54) is 4.90 Å². The Morgan fingerprint density at radius 3 is 2.77 bits per heavy atom. The van der Waals surface area contributed by atoms with Gasteiger partial charge < -0.3 is 20.7 Å². The van der Waals surface area contributed by atoms with Gasteiger partial charge >= 0.3 is 0 Å². The van der Waals surface area contributed by atoms with Crippen molar-refractivity contribution < 1.29 is 14.3 Å². The minimum atomic E-state index is -0.116. The predicted octanol–water partition coefficient (Wildman–Crippen LogP) is 1.22. The molecule has 2 rings (SSSR count). The molecular weight excluding hydrogens is 282 g/mol. The highest BCUT2D eigenvalue weighted by Gasteiger charge is 2.27. The van der Waals surface area contributed by atoms with Crippen molar-refractivity contribution in [3.8, 4) is 5.75 Å². The van der Waals surface area contributed by atoms with E-state index in [-0.39, 0.29) is 30.4 Å². The summed E-state index contributed by atoms with van der Waals surface area (Å²) in [6, 6.07) is 7.18. The van der Waals surface area contributed by atoms with Crippen LogP contribution in [0.5, 0.6) is 5.75 Å².